The molecule has 1 aromatic carbocycles. The van der Waals surface area contributed by atoms with E-state index in [2.05, 4.69) is 36.2 Å². The van der Waals surface area contributed by atoms with Crippen LogP contribution in [0.4, 0.5) is 0 Å². The lowest BCUT2D eigenvalue weighted by Crippen LogP contribution is -1.95. The molecule has 1 aromatic heterocycles. The Hall–Kier alpha value is -0.860. The summed E-state index contributed by atoms with van der Waals surface area (Å²) in [7, 11) is 0. The van der Waals surface area contributed by atoms with Crippen molar-refractivity contribution in [1.82, 2.24) is 4.98 Å². The van der Waals surface area contributed by atoms with Gasteiger partial charge < -0.3 is 0 Å². The monoisotopic (exact) mass is 265 g/mol. The Labute approximate surface area is 111 Å². The fourth-order valence-corrected chi connectivity index (χ4v) is 3.24. The van der Waals surface area contributed by atoms with Gasteiger partial charge in [-0.15, -0.1) is 22.9 Å². The van der Waals surface area contributed by atoms with E-state index in [4.69, 9.17) is 11.6 Å². The number of aryl methyl sites for hydroxylation is 3. The lowest BCUT2D eigenvalue weighted by atomic mass is 10.1. The van der Waals surface area contributed by atoms with Crippen molar-refractivity contribution in [3.63, 3.8) is 0 Å². The molecule has 0 bridgehead atoms. The molecule has 17 heavy (non-hydrogen) atoms. The Morgan fingerprint density at radius 2 is 1.82 bits per heavy atom. The highest BCUT2D eigenvalue weighted by Gasteiger charge is 2.15. The van der Waals surface area contributed by atoms with Crippen molar-refractivity contribution in [1.29, 1.82) is 0 Å². The molecule has 0 amide bonds. The summed E-state index contributed by atoms with van der Waals surface area (Å²) in [5.74, 6) is 0. The van der Waals surface area contributed by atoms with Gasteiger partial charge >= 0.3 is 0 Å². The second-order valence-corrected chi connectivity index (χ2v) is 6.10. The van der Waals surface area contributed by atoms with Gasteiger partial charge in [0, 0.05) is 4.88 Å². The zero-order valence-electron chi connectivity index (χ0n) is 10.3. The first kappa shape index (κ1) is 12.6. The summed E-state index contributed by atoms with van der Waals surface area (Å²) >= 11 is 8.17. The van der Waals surface area contributed by atoms with Gasteiger partial charge in [0.1, 0.15) is 0 Å². The molecule has 1 atom stereocenters. The quantitative estimate of drug-likeness (QED) is 0.740. The molecule has 1 nitrogen and oxygen atoms in total. The van der Waals surface area contributed by atoms with E-state index in [1.807, 2.05) is 13.8 Å². The molecule has 0 saturated carbocycles. The van der Waals surface area contributed by atoms with Crippen molar-refractivity contribution in [2.75, 3.05) is 0 Å². The predicted molar refractivity (Wildman–Crippen MR) is 75.1 cm³/mol. The van der Waals surface area contributed by atoms with Crippen molar-refractivity contribution in [3.05, 3.63) is 51.0 Å². The van der Waals surface area contributed by atoms with Crippen LogP contribution in [0.2, 0.25) is 0 Å². The van der Waals surface area contributed by atoms with Crippen LogP contribution in [-0.4, -0.2) is 4.98 Å². The summed E-state index contributed by atoms with van der Waals surface area (Å²) in [6, 6.07) is 8.55. The van der Waals surface area contributed by atoms with Crippen LogP contribution >= 0.6 is 22.9 Å². The number of thiazole rings is 1. The Bertz CT molecular complexity index is 501. The van der Waals surface area contributed by atoms with Crippen LogP contribution in [0, 0.1) is 20.8 Å². The van der Waals surface area contributed by atoms with Crippen molar-refractivity contribution in [2.45, 2.75) is 32.6 Å². The third-order valence-electron chi connectivity index (χ3n) is 2.76. The van der Waals surface area contributed by atoms with Crippen LogP contribution in [0.25, 0.3) is 0 Å². The highest BCUT2D eigenvalue weighted by atomic mass is 35.5. The zero-order chi connectivity index (χ0) is 12.4. The van der Waals surface area contributed by atoms with Crippen molar-refractivity contribution in [2.24, 2.45) is 0 Å². The summed E-state index contributed by atoms with van der Waals surface area (Å²) in [5, 5.41) is 1.12. The lowest BCUT2D eigenvalue weighted by Gasteiger charge is -2.08. The first-order valence-corrected chi connectivity index (χ1v) is 6.95. The predicted octanol–water partition coefficient (Wildman–Crippen LogP) is 4.59. The van der Waals surface area contributed by atoms with E-state index in [1.165, 1.54) is 16.0 Å². The third-order valence-corrected chi connectivity index (χ3v) is 4.45. The summed E-state index contributed by atoms with van der Waals surface area (Å²) in [6.07, 6.45) is 0.865. The van der Waals surface area contributed by atoms with E-state index >= 15 is 0 Å². The number of alkyl halides is 1. The first-order chi connectivity index (χ1) is 8.06. The molecule has 1 unspecified atom stereocenters. The van der Waals surface area contributed by atoms with E-state index in [-0.39, 0.29) is 5.38 Å². The molecule has 90 valence electrons. The molecule has 2 rings (SSSR count). The number of hydrogen-bond donors (Lipinski definition) is 0. The molecule has 2 aromatic rings. The summed E-state index contributed by atoms with van der Waals surface area (Å²) < 4.78 is 0. The van der Waals surface area contributed by atoms with Crippen molar-refractivity contribution < 1.29 is 0 Å². The molecule has 0 radical (unpaired) electrons. The lowest BCUT2D eigenvalue weighted by molar-refractivity contribution is 0.922. The Morgan fingerprint density at radius 3 is 2.35 bits per heavy atom. The molecule has 0 saturated heterocycles. The minimum atomic E-state index is 0.0314. The molecule has 0 spiro atoms. The molecule has 1 heterocycles. The maximum absolute atomic E-state index is 6.47. The fraction of sp³-hybridized carbons (Fsp3) is 0.357. The van der Waals surface area contributed by atoms with Gasteiger partial charge in [0.05, 0.1) is 16.1 Å². The van der Waals surface area contributed by atoms with E-state index in [1.54, 1.807) is 11.3 Å². The highest BCUT2D eigenvalue weighted by Crippen LogP contribution is 2.32. The van der Waals surface area contributed by atoms with Gasteiger partial charge in [-0.3, -0.25) is 0 Å². The third kappa shape index (κ3) is 3.08. The maximum Gasteiger partial charge on any atom is 0.0900 e. The fourth-order valence-electron chi connectivity index (χ4n) is 1.86. The van der Waals surface area contributed by atoms with Crippen LogP contribution in [-0.2, 0) is 6.42 Å². The molecule has 0 aliphatic heterocycles. The molecule has 0 aliphatic rings. The van der Waals surface area contributed by atoms with Gasteiger partial charge in [0.15, 0.2) is 0 Å². The molecule has 3 heteroatoms. The van der Waals surface area contributed by atoms with Crippen LogP contribution < -0.4 is 0 Å². The van der Waals surface area contributed by atoms with Crippen LogP contribution in [0.1, 0.15) is 32.1 Å². The van der Waals surface area contributed by atoms with Crippen molar-refractivity contribution in [3.8, 4) is 0 Å². The summed E-state index contributed by atoms with van der Waals surface area (Å²) in [5.41, 5.74) is 3.63. The number of aromatic nitrogens is 1. The number of benzene rings is 1. The van der Waals surface area contributed by atoms with Crippen molar-refractivity contribution >= 4 is 22.9 Å². The second-order valence-electron chi connectivity index (χ2n) is 4.34. The first-order valence-electron chi connectivity index (χ1n) is 5.70. The SMILES string of the molecule is Cc1ccc(CC(Cl)c2sc(C)nc2C)cc1. The van der Waals surface area contributed by atoms with Crippen LogP contribution in [0.5, 0.6) is 0 Å². The Morgan fingerprint density at radius 1 is 1.18 bits per heavy atom. The van der Waals surface area contributed by atoms with Gasteiger partial charge in [0.2, 0.25) is 0 Å². The minimum absolute atomic E-state index is 0.0314. The normalized spacial score (nSPS) is 12.7. The molecule has 0 N–H and O–H groups in total. The molecular formula is C14H16ClNS. The van der Waals surface area contributed by atoms with E-state index in [0.29, 0.717) is 0 Å². The van der Waals surface area contributed by atoms with E-state index < -0.39 is 0 Å². The Kier molecular flexibility index (Phi) is 3.85. The molecule has 0 fully saturated rings. The highest BCUT2D eigenvalue weighted by molar-refractivity contribution is 7.12. The van der Waals surface area contributed by atoms with Crippen LogP contribution in [0.15, 0.2) is 24.3 Å². The van der Waals surface area contributed by atoms with Crippen LogP contribution in [0.3, 0.4) is 0 Å². The second kappa shape index (κ2) is 5.19. The minimum Gasteiger partial charge on any atom is -0.247 e. The number of nitrogens with zero attached hydrogens (tertiary/aromatic N) is 1. The number of rotatable bonds is 3. The van der Waals surface area contributed by atoms with Gasteiger partial charge in [-0.2, -0.15) is 0 Å². The van der Waals surface area contributed by atoms with Gasteiger partial charge in [-0.25, -0.2) is 4.98 Å². The standard InChI is InChI=1S/C14H16ClNS/c1-9-4-6-12(7-5-9)8-13(15)14-10(2)16-11(3)17-14/h4-7,13H,8H2,1-3H3. The zero-order valence-corrected chi connectivity index (χ0v) is 11.9. The average Bonchev–Trinajstić information content (AvgIpc) is 2.61. The Balaban J connectivity index is 2.14. The molecular weight excluding hydrogens is 250 g/mol. The summed E-state index contributed by atoms with van der Waals surface area (Å²) in [6.45, 7) is 6.15. The topological polar surface area (TPSA) is 12.9 Å². The summed E-state index contributed by atoms with van der Waals surface area (Å²) in [4.78, 5) is 5.62. The van der Waals surface area contributed by atoms with Gasteiger partial charge in [0.25, 0.3) is 0 Å². The maximum atomic E-state index is 6.47. The number of hydrogen-bond acceptors (Lipinski definition) is 2. The average molecular weight is 266 g/mol. The van der Waals surface area contributed by atoms with Gasteiger partial charge in [-0.1, -0.05) is 29.8 Å². The molecule has 0 aliphatic carbocycles. The van der Waals surface area contributed by atoms with E-state index in [0.717, 1.165) is 17.1 Å². The smallest absolute Gasteiger partial charge is 0.0900 e. The van der Waals surface area contributed by atoms with Gasteiger partial charge in [-0.05, 0) is 32.8 Å². The van der Waals surface area contributed by atoms with E-state index in [9.17, 15) is 0 Å². The number of halogens is 1. The largest absolute Gasteiger partial charge is 0.247 e.